The molecule has 0 aliphatic carbocycles. The molecular weight excluding hydrogens is 322 g/mol. The van der Waals surface area contributed by atoms with Crippen LogP contribution in [-0.2, 0) is 0 Å². The lowest BCUT2D eigenvalue weighted by molar-refractivity contribution is 0.0848. The van der Waals surface area contributed by atoms with Crippen molar-refractivity contribution >= 4 is 39.3 Å². The minimum absolute atomic E-state index is 0.0374. The molecule has 0 aliphatic rings. The first-order valence-corrected chi connectivity index (χ1v) is 8.01. The Bertz CT molecular complexity index is 981. The van der Waals surface area contributed by atoms with E-state index in [1.54, 1.807) is 28.8 Å². The Kier molecular flexibility index (Phi) is 3.71. The van der Waals surface area contributed by atoms with Gasteiger partial charge in [0, 0.05) is 15.8 Å². The van der Waals surface area contributed by atoms with Gasteiger partial charge in [0.2, 0.25) is 0 Å². The summed E-state index contributed by atoms with van der Waals surface area (Å²) >= 11 is 5.86. The molecular formula is C20H14ClNO2. The molecule has 0 saturated heterocycles. The third kappa shape index (κ3) is 2.53. The number of hydrogen-bond acceptors (Lipinski definition) is 2. The summed E-state index contributed by atoms with van der Waals surface area (Å²) < 4.78 is 7.34. The first-order valence-electron chi connectivity index (χ1n) is 7.64. The van der Waals surface area contributed by atoms with Crippen molar-refractivity contribution in [3.8, 4) is 5.75 Å². The Labute approximate surface area is 144 Å². The van der Waals surface area contributed by atoms with Crippen molar-refractivity contribution < 1.29 is 9.53 Å². The lowest BCUT2D eigenvalue weighted by Gasteiger charge is -2.08. The highest BCUT2D eigenvalue weighted by Gasteiger charge is 2.15. The maximum atomic E-state index is 12.8. The fraction of sp³-hybridized carbons (Fsp3) is 0.0500. The molecule has 0 aliphatic heterocycles. The summed E-state index contributed by atoms with van der Waals surface area (Å²) in [6, 6.07) is 22.8. The van der Waals surface area contributed by atoms with Gasteiger partial charge in [-0.1, -0.05) is 48.0 Å². The lowest BCUT2D eigenvalue weighted by atomic mass is 10.2. The van der Waals surface area contributed by atoms with Crippen molar-refractivity contribution in [3.05, 3.63) is 77.8 Å². The van der Waals surface area contributed by atoms with E-state index >= 15 is 0 Å². The second-order valence-electron chi connectivity index (χ2n) is 5.51. The summed E-state index contributed by atoms with van der Waals surface area (Å²) in [6.45, 7) is -0.0374. The van der Waals surface area contributed by atoms with Gasteiger partial charge >= 0.3 is 0 Å². The number of benzene rings is 3. The molecule has 4 heteroatoms. The van der Waals surface area contributed by atoms with Crippen LogP contribution in [0.25, 0.3) is 21.8 Å². The normalized spacial score (nSPS) is 11.0. The number of para-hydroxylation sites is 2. The second kappa shape index (κ2) is 6.02. The van der Waals surface area contributed by atoms with Crippen LogP contribution in [0.15, 0.2) is 72.8 Å². The molecule has 1 aromatic heterocycles. The highest BCUT2D eigenvalue weighted by Crippen LogP contribution is 2.28. The van der Waals surface area contributed by atoms with Gasteiger partial charge in [0.05, 0.1) is 11.0 Å². The number of rotatable bonds is 3. The van der Waals surface area contributed by atoms with Gasteiger partial charge in [-0.2, -0.15) is 0 Å². The molecule has 0 fully saturated rings. The quantitative estimate of drug-likeness (QED) is 0.517. The summed E-state index contributed by atoms with van der Waals surface area (Å²) in [5, 5.41) is 2.76. The second-order valence-corrected chi connectivity index (χ2v) is 5.94. The fourth-order valence-electron chi connectivity index (χ4n) is 2.93. The maximum Gasteiger partial charge on any atom is 0.269 e. The first kappa shape index (κ1) is 14.8. The summed E-state index contributed by atoms with van der Waals surface area (Å²) in [7, 11) is 0. The van der Waals surface area contributed by atoms with Crippen LogP contribution < -0.4 is 4.74 Å². The van der Waals surface area contributed by atoms with Crippen LogP contribution in [0.1, 0.15) is 4.79 Å². The van der Waals surface area contributed by atoms with Gasteiger partial charge < -0.3 is 4.74 Å². The molecule has 118 valence electrons. The number of carbonyl (C=O) groups excluding carboxylic acids is 1. The Hall–Kier alpha value is -2.78. The predicted octanol–water partition coefficient (Wildman–Crippen LogP) is 5.17. The van der Waals surface area contributed by atoms with Gasteiger partial charge in [-0.15, -0.1) is 0 Å². The molecule has 4 aromatic rings. The summed E-state index contributed by atoms with van der Waals surface area (Å²) in [6.07, 6.45) is 0. The van der Waals surface area contributed by atoms with Gasteiger partial charge in [-0.05, 0) is 36.4 Å². The Balaban J connectivity index is 1.71. The molecule has 0 atom stereocenters. The molecule has 0 bridgehead atoms. The molecule has 0 unspecified atom stereocenters. The van der Waals surface area contributed by atoms with E-state index in [1.807, 2.05) is 48.5 Å². The van der Waals surface area contributed by atoms with E-state index in [4.69, 9.17) is 16.3 Å². The van der Waals surface area contributed by atoms with Crippen LogP contribution in [0.5, 0.6) is 5.75 Å². The zero-order chi connectivity index (χ0) is 16.5. The number of ether oxygens (including phenoxy) is 1. The summed E-state index contributed by atoms with van der Waals surface area (Å²) in [4.78, 5) is 12.8. The monoisotopic (exact) mass is 335 g/mol. The molecule has 3 nitrogen and oxygen atoms in total. The molecule has 0 spiro atoms. The molecule has 0 saturated carbocycles. The van der Waals surface area contributed by atoms with Crippen LogP contribution in [0, 0.1) is 0 Å². The standard InChI is InChI=1S/C20H14ClNO2/c21-14-9-11-15(12-10-14)24-13-20(23)22-18-7-3-1-5-16(18)17-6-2-4-8-19(17)22/h1-12H,13H2. The Morgan fingerprint density at radius 3 is 1.96 bits per heavy atom. The van der Waals surface area contributed by atoms with E-state index in [-0.39, 0.29) is 12.5 Å². The maximum absolute atomic E-state index is 12.8. The van der Waals surface area contributed by atoms with Crippen molar-refractivity contribution in [1.82, 2.24) is 4.57 Å². The zero-order valence-electron chi connectivity index (χ0n) is 12.8. The Morgan fingerprint density at radius 2 is 1.38 bits per heavy atom. The van der Waals surface area contributed by atoms with Gasteiger partial charge in [0.1, 0.15) is 5.75 Å². The van der Waals surface area contributed by atoms with Gasteiger partial charge in [0.15, 0.2) is 6.61 Å². The van der Waals surface area contributed by atoms with E-state index in [1.165, 1.54) is 0 Å². The average molecular weight is 336 g/mol. The number of hydrogen-bond donors (Lipinski definition) is 0. The smallest absolute Gasteiger partial charge is 0.269 e. The van der Waals surface area contributed by atoms with Crippen molar-refractivity contribution in [2.24, 2.45) is 0 Å². The third-order valence-corrected chi connectivity index (χ3v) is 4.26. The first-order chi connectivity index (χ1) is 11.7. The molecule has 3 aromatic carbocycles. The van der Waals surface area contributed by atoms with Crippen molar-refractivity contribution in [1.29, 1.82) is 0 Å². The van der Waals surface area contributed by atoms with E-state index in [2.05, 4.69) is 0 Å². The van der Waals surface area contributed by atoms with Crippen LogP contribution in [0.4, 0.5) is 0 Å². The molecule has 0 N–H and O–H groups in total. The van der Waals surface area contributed by atoms with Crippen LogP contribution in [-0.4, -0.2) is 17.1 Å². The SMILES string of the molecule is O=C(COc1ccc(Cl)cc1)n1c2ccccc2c2ccccc21. The fourth-order valence-corrected chi connectivity index (χ4v) is 3.06. The van der Waals surface area contributed by atoms with Crippen molar-refractivity contribution in [2.45, 2.75) is 0 Å². The van der Waals surface area contributed by atoms with Gasteiger partial charge in [0.25, 0.3) is 5.91 Å². The van der Waals surface area contributed by atoms with Crippen LogP contribution in [0.2, 0.25) is 5.02 Å². The number of carbonyl (C=O) groups is 1. The lowest BCUT2D eigenvalue weighted by Crippen LogP contribution is -2.19. The van der Waals surface area contributed by atoms with Gasteiger partial charge in [-0.25, -0.2) is 0 Å². The van der Waals surface area contributed by atoms with Crippen LogP contribution in [0.3, 0.4) is 0 Å². The average Bonchev–Trinajstić information content (AvgIpc) is 2.96. The van der Waals surface area contributed by atoms with Gasteiger partial charge in [-0.3, -0.25) is 9.36 Å². The van der Waals surface area contributed by atoms with E-state index in [9.17, 15) is 4.79 Å². The zero-order valence-corrected chi connectivity index (χ0v) is 13.5. The summed E-state index contributed by atoms with van der Waals surface area (Å²) in [5.74, 6) is 0.510. The third-order valence-electron chi connectivity index (χ3n) is 4.01. The summed E-state index contributed by atoms with van der Waals surface area (Å²) in [5.41, 5.74) is 1.78. The minimum Gasteiger partial charge on any atom is -0.484 e. The van der Waals surface area contributed by atoms with Crippen molar-refractivity contribution in [3.63, 3.8) is 0 Å². The topological polar surface area (TPSA) is 31.2 Å². The van der Waals surface area contributed by atoms with Crippen LogP contribution >= 0.6 is 11.6 Å². The largest absolute Gasteiger partial charge is 0.484 e. The molecule has 24 heavy (non-hydrogen) atoms. The van der Waals surface area contributed by atoms with E-state index in [0.29, 0.717) is 10.8 Å². The molecule has 1 heterocycles. The molecule has 0 radical (unpaired) electrons. The molecule has 0 amide bonds. The van der Waals surface area contributed by atoms with E-state index < -0.39 is 0 Å². The Morgan fingerprint density at radius 1 is 0.833 bits per heavy atom. The predicted molar refractivity (Wildman–Crippen MR) is 97.0 cm³/mol. The highest BCUT2D eigenvalue weighted by atomic mass is 35.5. The van der Waals surface area contributed by atoms with Crippen molar-refractivity contribution in [2.75, 3.05) is 6.61 Å². The number of aromatic nitrogens is 1. The van der Waals surface area contributed by atoms with E-state index in [0.717, 1.165) is 21.8 Å². The molecule has 4 rings (SSSR count). The highest BCUT2D eigenvalue weighted by molar-refractivity contribution is 6.30. The minimum atomic E-state index is -0.109. The number of halogens is 1. The number of fused-ring (bicyclic) bond motifs is 3. The number of nitrogens with zero attached hydrogens (tertiary/aromatic N) is 1.